The first-order valence-electron chi connectivity index (χ1n) is 5.57. The van der Waals surface area contributed by atoms with E-state index in [2.05, 4.69) is 10.2 Å². The highest BCUT2D eigenvalue weighted by Gasteiger charge is 2.14. The van der Waals surface area contributed by atoms with E-state index in [4.69, 9.17) is 5.11 Å². The topological polar surface area (TPSA) is 68.0 Å². The number of hydrogen-bond donors (Lipinski definition) is 1. The third kappa shape index (κ3) is 3.31. The molecule has 0 bridgehead atoms. The quantitative estimate of drug-likeness (QED) is 0.851. The zero-order valence-corrected chi connectivity index (χ0v) is 11.0. The molecule has 0 saturated heterocycles. The van der Waals surface area contributed by atoms with Crippen molar-refractivity contribution < 1.29 is 14.3 Å². The summed E-state index contributed by atoms with van der Waals surface area (Å²) in [6.07, 6.45) is 1.51. The molecule has 1 N–H and O–H groups in total. The minimum absolute atomic E-state index is 0.0887. The van der Waals surface area contributed by atoms with Crippen LogP contribution in [0.3, 0.4) is 0 Å². The Kier molecular flexibility index (Phi) is 4.16. The number of thioether (sulfide) groups is 1. The molecule has 2 aromatic rings. The molecule has 0 aliphatic rings. The van der Waals surface area contributed by atoms with Gasteiger partial charge in [0.05, 0.1) is 11.8 Å². The van der Waals surface area contributed by atoms with Crippen LogP contribution >= 0.6 is 11.8 Å². The molecule has 7 heteroatoms. The van der Waals surface area contributed by atoms with Crippen molar-refractivity contribution in [3.05, 3.63) is 42.0 Å². The Hall–Kier alpha value is -1.89. The third-order valence-corrected chi connectivity index (χ3v) is 3.56. The van der Waals surface area contributed by atoms with Crippen LogP contribution in [-0.2, 0) is 4.79 Å². The Morgan fingerprint density at radius 3 is 3.05 bits per heavy atom. The average Bonchev–Trinajstić information content (AvgIpc) is 2.83. The second-order valence-corrected chi connectivity index (χ2v) is 4.88. The molecule has 0 radical (unpaired) electrons. The monoisotopic (exact) mass is 281 g/mol. The molecule has 19 heavy (non-hydrogen) atoms. The van der Waals surface area contributed by atoms with Gasteiger partial charge in [-0.25, -0.2) is 4.39 Å². The smallest absolute Gasteiger partial charge is 0.313 e. The van der Waals surface area contributed by atoms with Crippen LogP contribution in [0.5, 0.6) is 0 Å². The van der Waals surface area contributed by atoms with Gasteiger partial charge in [0.2, 0.25) is 0 Å². The highest BCUT2D eigenvalue weighted by Crippen LogP contribution is 2.24. The SMILES string of the molecule is CC(c1cccc(F)c1)n1cnnc1SCC(=O)O. The van der Waals surface area contributed by atoms with Crippen LogP contribution in [0.1, 0.15) is 18.5 Å². The van der Waals surface area contributed by atoms with Crippen LogP contribution < -0.4 is 0 Å². The molecule has 1 atom stereocenters. The van der Waals surface area contributed by atoms with Crippen LogP contribution in [-0.4, -0.2) is 31.6 Å². The van der Waals surface area contributed by atoms with Crippen LogP contribution in [0, 0.1) is 5.82 Å². The van der Waals surface area contributed by atoms with Gasteiger partial charge in [0.15, 0.2) is 5.16 Å². The lowest BCUT2D eigenvalue weighted by molar-refractivity contribution is -0.133. The number of halogens is 1. The first-order valence-corrected chi connectivity index (χ1v) is 6.56. The summed E-state index contributed by atoms with van der Waals surface area (Å²) in [5, 5.41) is 16.8. The lowest BCUT2D eigenvalue weighted by atomic mass is 10.1. The fraction of sp³-hybridized carbons (Fsp3) is 0.250. The molecule has 1 aromatic heterocycles. The molecule has 0 spiro atoms. The highest BCUT2D eigenvalue weighted by atomic mass is 32.2. The summed E-state index contributed by atoms with van der Waals surface area (Å²) in [6.45, 7) is 1.88. The van der Waals surface area contributed by atoms with E-state index in [0.717, 1.165) is 17.3 Å². The molecule has 0 aliphatic carbocycles. The molecule has 0 aliphatic heterocycles. The molecule has 1 heterocycles. The van der Waals surface area contributed by atoms with E-state index >= 15 is 0 Å². The summed E-state index contributed by atoms with van der Waals surface area (Å²) in [6, 6.07) is 6.09. The van der Waals surface area contributed by atoms with Gasteiger partial charge in [-0.1, -0.05) is 23.9 Å². The largest absolute Gasteiger partial charge is 0.481 e. The van der Waals surface area contributed by atoms with Gasteiger partial charge in [-0.05, 0) is 24.6 Å². The van der Waals surface area contributed by atoms with Crippen molar-refractivity contribution in [1.29, 1.82) is 0 Å². The van der Waals surface area contributed by atoms with E-state index in [0.29, 0.717) is 5.16 Å². The molecular formula is C12H12FN3O2S. The number of aliphatic carboxylic acids is 1. The van der Waals surface area contributed by atoms with Gasteiger partial charge in [0.25, 0.3) is 0 Å². The Morgan fingerprint density at radius 2 is 2.37 bits per heavy atom. The number of rotatable bonds is 5. The zero-order chi connectivity index (χ0) is 13.8. The van der Waals surface area contributed by atoms with Crippen LogP contribution in [0.2, 0.25) is 0 Å². The van der Waals surface area contributed by atoms with Gasteiger partial charge in [0, 0.05) is 0 Å². The van der Waals surface area contributed by atoms with Gasteiger partial charge in [-0.3, -0.25) is 4.79 Å². The molecule has 2 rings (SSSR count). The van der Waals surface area contributed by atoms with E-state index < -0.39 is 5.97 Å². The number of nitrogens with zero attached hydrogens (tertiary/aromatic N) is 3. The second kappa shape index (κ2) is 5.83. The molecule has 0 amide bonds. The summed E-state index contributed by atoms with van der Waals surface area (Å²) in [4.78, 5) is 10.6. The molecule has 1 unspecified atom stereocenters. The Labute approximate surface area is 113 Å². The van der Waals surface area contributed by atoms with Crippen LogP contribution in [0.25, 0.3) is 0 Å². The highest BCUT2D eigenvalue weighted by molar-refractivity contribution is 7.99. The minimum Gasteiger partial charge on any atom is -0.481 e. The van der Waals surface area contributed by atoms with Gasteiger partial charge in [-0.15, -0.1) is 10.2 Å². The molecule has 0 fully saturated rings. The van der Waals surface area contributed by atoms with Crippen molar-refractivity contribution in [2.24, 2.45) is 0 Å². The summed E-state index contributed by atoms with van der Waals surface area (Å²) in [5.41, 5.74) is 0.775. The molecule has 0 saturated carbocycles. The van der Waals surface area contributed by atoms with Crippen molar-refractivity contribution in [2.75, 3.05) is 5.75 Å². The van der Waals surface area contributed by atoms with Crippen LogP contribution in [0.4, 0.5) is 4.39 Å². The van der Waals surface area contributed by atoms with E-state index in [1.807, 2.05) is 6.92 Å². The van der Waals surface area contributed by atoms with Crippen molar-refractivity contribution in [1.82, 2.24) is 14.8 Å². The van der Waals surface area contributed by atoms with E-state index in [1.165, 1.54) is 18.5 Å². The number of hydrogen-bond acceptors (Lipinski definition) is 4. The first-order chi connectivity index (χ1) is 9.08. The normalized spacial score (nSPS) is 12.3. The molecule has 1 aromatic carbocycles. The predicted molar refractivity (Wildman–Crippen MR) is 68.6 cm³/mol. The minimum atomic E-state index is -0.919. The number of benzene rings is 1. The van der Waals surface area contributed by atoms with E-state index in [9.17, 15) is 9.18 Å². The molecular weight excluding hydrogens is 269 g/mol. The average molecular weight is 281 g/mol. The third-order valence-electron chi connectivity index (χ3n) is 2.61. The van der Waals surface area contributed by atoms with Crippen molar-refractivity contribution in [2.45, 2.75) is 18.1 Å². The van der Waals surface area contributed by atoms with Crippen LogP contribution in [0.15, 0.2) is 35.7 Å². The summed E-state index contributed by atoms with van der Waals surface area (Å²) >= 11 is 1.09. The predicted octanol–water partition coefficient (Wildman–Crippen LogP) is 2.20. The number of aromatic nitrogens is 3. The zero-order valence-electron chi connectivity index (χ0n) is 10.2. The molecule has 100 valence electrons. The Morgan fingerprint density at radius 1 is 1.58 bits per heavy atom. The van der Waals surface area contributed by atoms with Crippen molar-refractivity contribution in [3.8, 4) is 0 Å². The maximum Gasteiger partial charge on any atom is 0.313 e. The van der Waals surface area contributed by atoms with E-state index in [1.54, 1.807) is 16.7 Å². The number of carboxylic acids is 1. The fourth-order valence-corrected chi connectivity index (χ4v) is 2.37. The maximum absolute atomic E-state index is 13.2. The Balaban J connectivity index is 2.22. The molecule has 5 nitrogen and oxygen atoms in total. The standard InChI is InChI=1S/C12H12FN3O2S/c1-8(9-3-2-4-10(13)5-9)16-7-14-15-12(16)19-6-11(17)18/h2-5,7-8H,6H2,1H3,(H,17,18). The second-order valence-electron chi connectivity index (χ2n) is 3.93. The van der Waals surface area contributed by atoms with Gasteiger partial charge in [0.1, 0.15) is 12.1 Å². The van der Waals surface area contributed by atoms with Gasteiger partial charge < -0.3 is 9.67 Å². The van der Waals surface area contributed by atoms with Crippen molar-refractivity contribution >= 4 is 17.7 Å². The maximum atomic E-state index is 13.2. The first kappa shape index (κ1) is 13.5. The van der Waals surface area contributed by atoms with Gasteiger partial charge >= 0.3 is 5.97 Å². The fourth-order valence-electron chi connectivity index (χ4n) is 1.65. The number of carbonyl (C=O) groups is 1. The lowest BCUT2D eigenvalue weighted by Gasteiger charge is -2.15. The van der Waals surface area contributed by atoms with E-state index in [-0.39, 0.29) is 17.6 Å². The van der Waals surface area contributed by atoms with Gasteiger partial charge in [-0.2, -0.15) is 0 Å². The summed E-state index contributed by atoms with van der Waals surface area (Å²) in [7, 11) is 0. The lowest BCUT2D eigenvalue weighted by Crippen LogP contribution is -2.08. The van der Waals surface area contributed by atoms with Crippen molar-refractivity contribution in [3.63, 3.8) is 0 Å². The number of carboxylic acid groups (broad SMARTS) is 1. The summed E-state index contributed by atoms with van der Waals surface area (Å²) in [5.74, 6) is -1.32. The summed E-state index contributed by atoms with van der Waals surface area (Å²) < 4.78 is 14.9. The Bertz CT molecular complexity index is 588.